The summed E-state index contributed by atoms with van der Waals surface area (Å²) in [7, 11) is -1.76. The molecule has 0 fully saturated rings. The molecule has 108 valence electrons. The molecule has 1 aromatic rings. The number of hydrogen-bond acceptors (Lipinski definition) is 8. The van der Waals surface area contributed by atoms with Gasteiger partial charge < -0.3 is 15.4 Å². The zero-order valence-corrected chi connectivity index (χ0v) is 11.7. The van der Waals surface area contributed by atoms with Gasteiger partial charge in [0.2, 0.25) is 21.9 Å². The van der Waals surface area contributed by atoms with Crippen LogP contribution in [0.2, 0.25) is 0 Å². The lowest BCUT2D eigenvalue weighted by Crippen LogP contribution is -2.19. The van der Waals surface area contributed by atoms with Gasteiger partial charge in [0.05, 0.1) is 12.4 Å². The molecule has 19 heavy (non-hydrogen) atoms. The standard InChI is InChI=1S/C9H18N6O3S/c1-3-18-9-14-7(11-2)13-8(15-9)12-5-4-6-19(10,16)17/h3-6H2,1-2H3,(H2,10,16,17)(H2,11,12,13,14,15). The topological polar surface area (TPSA) is 132 Å². The summed E-state index contributed by atoms with van der Waals surface area (Å²) in [6.07, 6.45) is 0.364. The normalized spacial score (nSPS) is 11.1. The van der Waals surface area contributed by atoms with Gasteiger partial charge in [0.1, 0.15) is 0 Å². The minimum absolute atomic E-state index is 0.0950. The molecule has 0 spiro atoms. The van der Waals surface area contributed by atoms with Gasteiger partial charge in [-0.2, -0.15) is 15.0 Å². The molecule has 0 aliphatic carbocycles. The molecule has 0 radical (unpaired) electrons. The lowest BCUT2D eigenvalue weighted by atomic mass is 10.5. The Morgan fingerprint density at radius 3 is 2.53 bits per heavy atom. The Balaban J connectivity index is 2.59. The number of rotatable bonds is 8. The summed E-state index contributed by atoms with van der Waals surface area (Å²) in [6, 6.07) is 0.204. The lowest BCUT2D eigenvalue weighted by molar-refractivity contribution is 0.312. The monoisotopic (exact) mass is 290 g/mol. The van der Waals surface area contributed by atoms with Crippen LogP contribution in [0.25, 0.3) is 0 Å². The number of nitrogens with one attached hydrogen (secondary N) is 2. The van der Waals surface area contributed by atoms with Crippen molar-refractivity contribution in [3.8, 4) is 6.01 Å². The van der Waals surface area contributed by atoms with Gasteiger partial charge in [-0.1, -0.05) is 0 Å². The largest absolute Gasteiger partial charge is 0.464 e. The Kier molecular flexibility index (Phi) is 5.70. The van der Waals surface area contributed by atoms with Crippen LogP contribution in [0.15, 0.2) is 0 Å². The first-order valence-corrected chi connectivity index (χ1v) is 7.47. The minimum Gasteiger partial charge on any atom is -0.464 e. The SMILES string of the molecule is CCOc1nc(NC)nc(NCCCS(N)(=O)=O)n1. The summed E-state index contributed by atoms with van der Waals surface area (Å²) in [5.74, 6) is 0.590. The number of nitrogens with two attached hydrogens (primary N) is 1. The Morgan fingerprint density at radius 1 is 1.26 bits per heavy atom. The molecule has 0 aliphatic heterocycles. The van der Waals surface area contributed by atoms with E-state index in [0.29, 0.717) is 31.5 Å². The fraction of sp³-hybridized carbons (Fsp3) is 0.667. The van der Waals surface area contributed by atoms with Crippen LogP contribution in [-0.4, -0.2) is 49.3 Å². The summed E-state index contributed by atoms with van der Waals surface area (Å²) in [6.45, 7) is 2.65. The maximum absolute atomic E-state index is 10.8. The summed E-state index contributed by atoms with van der Waals surface area (Å²) in [5.41, 5.74) is 0. The number of ether oxygens (including phenoxy) is 1. The minimum atomic E-state index is -3.44. The van der Waals surface area contributed by atoms with Crippen molar-refractivity contribution in [2.45, 2.75) is 13.3 Å². The Bertz CT molecular complexity index is 507. The van der Waals surface area contributed by atoms with Crippen LogP contribution in [0.1, 0.15) is 13.3 Å². The molecule has 1 aromatic heterocycles. The Labute approximate surface area is 112 Å². The molecule has 10 heteroatoms. The van der Waals surface area contributed by atoms with Crippen molar-refractivity contribution in [2.75, 3.05) is 36.6 Å². The predicted molar refractivity (Wildman–Crippen MR) is 71.6 cm³/mol. The van der Waals surface area contributed by atoms with Crippen LogP contribution < -0.4 is 20.5 Å². The molecule has 0 saturated heterocycles. The molecule has 0 aromatic carbocycles. The van der Waals surface area contributed by atoms with Gasteiger partial charge in [0.15, 0.2) is 0 Å². The molecule has 1 rings (SSSR count). The van der Waals surface area contributed by atoms with Gasteiger partial charge in [-0.15, -0.1) is 0 Å². The van der Waals surface area contributed by atoms with Crippen molar-refractivity contribution in [1.82, 2.24) is 15.0 Å². The highest BCUT2D eigenvalue weighted by atomic mass is 32.2. The fourth-order valence-electron chi connectivity index (χ4n) is 1.21. The second-order valence-corrected chi connectivity index (χ2v) is 5.33. The average Bonchev–Trinajstić information content (AvgIpc) is 2.34. The number of anilines is 2. The predicted octanol–water partition coefficient (Wildman–Crippen LogP) is -0.597. The molecule has 4 N–H and O–H groups in total. The van der Waals surface area contributed by atoms with Crippen LogP contribution in [0, 0.1) is 0 Å². The van der Waals surface area contributed by atoms with Crippen molar-refractivity contribution in [2.24, 2.45) is 5.14 Å². The summed E-state index contributed by atoms with van der Waals surface area (Å²) in [4.78, 5) is 12.1. The first kappa shape index (κ1) is 15.4. The van der Waals surface area contributed by atoms with E-state index in [9.17, 15) is 8.42 Å². The van der Waals surface area contributed by atoms with Crippen molar-refractivity contribution in [3.05, 3.63) is 0 Å². The smallest absolute Gasteiger partial charge is 0.323 e. The average molecular weight is 290 g/mol. The first-order chi connectivity index (χ1) is 8.94. The second-order valence-electron chi connectivity index (χ2n) is 3.60. The molecule has 0 aliphatic rings. The van der Waals surface area contributed by atoms with Gasteiger partial charge >= 0.3 is 6.01 Å². The quantitative estimate of drug-likeness (QED) is 0.541. The third-order valence-electron chi connectivity index (χ3n) is 2.00. The Morgan fingerprint density at radius 2 is 1.95 bits per heavy atom. The van der Waals surface area contributed by atoms with E-state index in [1.54, 1.807) is 7.05 Å². The van der Waals surface area contributed by atoms with Crippen LogP contribution in [0.4, 0.5) is 11.9 Å². The van der Waals surface area contributed by atoms with Gasteiger partial charge in [-0.25, -0.2) is 13.6 Å². The van der Waals surface area contributed by atoms with Crippen LogP contribution >= 0.6 is 0 Å². The van der Waals surface area contributed by atoms with Crippen molar-refractivity contribution < 1.29 is 13.2 Å². The van der Waals surface area contributed by atoms with E-state index < -0.39 is 10.0 Å². The maximum atomic E-state index is 10.8. The second kappa shape index (κ2) is 7.04. The third-order valence-corrected chi connectivity index (χ3v) is 2.86. The lowest BCUT2D eigenvalue weighted by Gasteiger charge is -2.08. The van der Waals surface area contributed by atoms with Gasteiger partial charge in [0, 0.05) is 13.6 Å². The maximum Gasteiger partial charge on any atom is 0.323 e. The first-order valence-electron chi connectivity index (χ1n) is 5.75. The van der Waals surface area contributed by atoms with Crippen molar-refractivity contribution >= 4 is 21.9 Å². The summed E-state index contributed by atoms with van der Waals surface area (Å²) in [5, 5.41) is 10.6. The number of nitrogens with zero attached hydrogens (tertiary/aromatic N) is 3. The van der Waals surface area contributed by atoms with E-state index in [-0.39, 0.29) is 11.8 Å². The van der Waals surface area contributed by atoms with Gasteiger partial charge in [-0.3, -0.25) is 0 Å². The van der Waals surface area contributed by atoms with Gasteiger partial charge in [-0.05, 0) is 13.3 Å². The van der Waals surface area contributed by atoms with Crippen LogP contribution in [-0.2, 0) is 10.0 Å². The van der Waals surface area contributed by atoms with Crippen molar-refractivity contribution in [1.29, 1.82) is 0 Å². The molecule has 9 nitrogen and oxygen atoms in total. The molecule has 0 amide bonds. The van der Waals surface area contributed by atoms with E-state index in [1.807, 2.05) is 6.92 Å². The van der Waals surface area contributed by atoms with Gasteiger partial charge in [0.25, 0.3) is 0 Å². The highest BCUT2D eigenvalue weighted by Gasteiger charge is 2.07. The van der Waals surface area contributed by atoms with E-state index in [1.165, 1.54) is 0 Å². The number of sulfonamides is 1. The van der Waals surface area contributed by atoms with E-state index in [2.05, 4.69) is 25.6 Å². The van der Waals surface area contributed by atoms with E-state index >= 15 is 0 Å². The molecular weight excluding hydrogens is 272 g/mol. The molecule has 0 saturated carbocycles. The number of hydrogen-bond donors (Lipinski definition) is 3. The fourth-order valence-corrected chi connectivity index (χ4v) is 1.76. The van der Waals surface area contributed by atoms with Crippen molar-refractivity contribution in [3.63, 3.8) is 0 Å². The highest BCUT2D eigenvalue weighted by molar-refractivity contribution is 7.89. The third kappa shape index (κ3) is 6.15. The van der Waals surface area contributed by atoms with Crippen LogP contribution in [0.3, 0.4) is 0 Å². The summed E-state index contributed by atoms with van der Waals surface area (Å²) >= 11 is 0. The van der Waals surface area contributed by atoms with Crippen LogP contribution in [0.5, 0.6) is 6.01 Å². The number of aromatic nitrogens is 3. The molecule has 0 atom stereocenters. The van der Waals surface area contributed by atoms with E-state index in [4.69, 9.17) is 9.88 Å². The summed E-state index contributed by atoms with van der Waals surface area (Å²) < 4.78 is 26.7. The number of primary sulfonamides is 1. The van der Waals surface area contributed by atoms with E-state index in [0.717, 1.165) is 0 Å². The molecule has 0 unspecified atom stereocenters. The zero-order chi connectivity index (χ0) is 14.3. The molecule has 1 heterocycles. The molecular formula is C9H18N6O3S. The zero-order valence-electron chi connectivity index (χ0n) is 10.9. The highest BCUT2D eigenvalue weighted by Crippen LogP contribution is 2.10. The Hall–Kier alpha value is -1.68. The molecule has 0 bridgehead atoms.